The van der Waals surface area contributed by atoms with E-state index in [0.717, 1.165) is 22.3 Å². The third kappa shape index (κ3) is 7.42. The molecule has 0 saturated carbocycles. The Morgan fingerprint density at radius 1 is 1.06 bits per heavy atom. The molecule has 0 aliphatic carbocycles. The molecule has 0 heterocycles. The average molecular weight is 425 g/mol. The lowest BCUT2D eigenvalue weighted by Crippen LogP contribution is -2.53. The van der Waals surface area contributed by atoms with Gasteiger partial charge in [0.2, 0.25) is 5.91 Å². The minimum Gasteiger partial charge on any atom is -0.483 e. The van der Waals surface area contributed by atoms with Crippen molar-refractivity contribution >= 4 is 11.8 Å². The maximum absolute atomic E-state index is 13.2. The van der Waals surface area contributed by atoms with Gasteiger partial charge in [-0.25, -0.2) is 0 Å². The second kappa shape index (κ2) is 10.5. The van der Waals surface area contributed by atoms with E-state index in [1.807, 2.05) is 77.9 Å². The molecule has 0 fully saturated rings. The first-order valence-corrected chi connectivity index (χ1v) is 10.8. The lowest BCUT2D eigenvalue weighted by atomic mass is 10.1. The highest BCUT2D eigenvalue weighted by Gasteiger charge is 2.28. The number of ether oxygens (including phenoxy) is 1. The molecule has 2 rings (SSSR count). The Hall–Kier alpha value is -2.82. The molecule has 2 amide bonds. The number of hydrogen-bond acceptors (Lipinski definition) is 3. The average Bonchev–Trinajstić information content (AvgIpc) is 2.69. The van der Waals surface area contributed by atoms with E-state index in [2.05, 4.69) is 11.4 Å². The molecule has 0 bridgehead atoms. The molecule has 0 saturated heterocycles. The van der Waals surface area contributed by atoms with E-state index in [1.54, 1.807) is 11.8 Å². The highest BCUT2D eigenvalue weighted by Crippen LogP contribution is 2.23. The van der Waals surface area contributed by atoms with Gasteiger partial charge in [0.15, 0.2) is 6.61 Å². The normalized spacial score (nSPS) is 12.2. The highest BCUT2D eigenvalue weighted by atomic mass is 16.5. The van der Waals surface area contributed by atoms with Crippen molar-refractivity contribution < 1.29 is 14.3 Å². The van der Waals surface area contributed by atoms with E-state index in [9.17, 15) is 9.59 Å². The zero-order valence-electron chi connectivity index (χ0n) is 19.9. The Labute approximate surface area is 186 Å². The van der Waals surface area contributed by atoms with Crippen LogP contribution < -0.4 is 10.1 Å². The lowest BCUT2D eigenvalue weighted by Gasteiger charge is -2.31. The van der Waals surface area contributed by atoms with Crippen molar-refractivity contribution in [2.45, 2.75) is 66.5 Å². The summed E-state index contributed by atoms with van der Waals surface area (Å²) in [5.74, 6) is 0.336. The first-order chi connectivity index (χ1) is 14.5. The van der Waals surface area contributed by atoms with E-state index >= 15 is 0 Å². The Morgan fingerprint density at radius 3 is 2.32 bits per heavy atom. The van der Waals surface area contributed by atoms with E-state index in [-0.39, 0.29) is 24.0 Å². The van der Waals surface area contributed by atoms with Crippen LogP contribution in [0.15, 0.2) is 42.5 Å². The molecule has 1 N–H and O–H groups in total. The molecule has 5 heteroatoms. The van der Waals surface area contributed by atoms with Crippen LogP contribution in [-0.4, -0.2) is 41.4 Å². The van der Waals surface area contributed by atoms with Crippen LogP contribution in [0.4, 0.5) is 0 Å². The van der Waals surface area contributed by atoms with E-state index in [4.69, 9.17) is 4.74 Å². The Bertz CT molecular complexity index is 901. The summed E-state index contributed by atoms with van der Waals surface area (Å²) in [4.78, 5) is 27.6. The van der Waals surface area contributed by atoms with Crippen LogP contribution in [0.1, 0.15) is 49.9 Å². The summed E-state index contributed by atoms with van der Waals surface area (Å²) in [5.41, 5.74) is 3.99. The molecule has 2 aromatic rings. The van der Waals surface area contributed by atoms with Crippen molar-refractivity contribution in [2.75, 3.05) is 13.2 Å². The summed E-state index contributed by atoms with van der Waals surface area (Å²) in [6.45, 7) is 13.9. The van der Waals surface area contributed by atoms with Gasteiger partial charge in [-0.3, -0.25) is 9.59 Å². The smallest absolute Gasteiger partial charge is 0.261 e. The zero-order valence-corrected chi connectivity index (χ0v) is 19.9. The summed E-state index contributed by atoms with van der Waals surface area (Å²) in [5, 5.41) is 2.98. The van der Waals surface area contributed by atoms with Crippen LogP contribution in [0, 0.1) is 20.8 Å². The number of carbonyl (C=O) groups is 2. The van der Waals surface area contributed by atoms with Crippen molar-refractivity contribution in [1.82, 2.24) is 10.2 Å². The van der Waals surface area contributed by atoms with Crippen molar-refractivity contribution in [3.63, 3.8) is 0 Å². The number of rotatable bonds is 8. The van der Waals surface area contributed by atoms with Gasteiger partial charge < -0.3 is 15.0 Å². The van der Waals surface area contributed by atoms with Crippen LogP contribution in [-0.2, 0) is 16.0 Å². The summed E-state index contributed by atoms with van der Waals surface area (Å²) in [6.07, 6.45) is 0.669. The summed E-state index contributed by atoms with van der Waals surface area (Å²) in [7, 11) is 0. The van der Waals surface area contributed by atoms with Crippen molar-refractivity contribution in [3.8, 4) is 5.75 Å². The lowest BCUT2D eigenvalue weighted by molar-refractivity contribution is -0.142. The summed E-state index contributed by atoms with van der Waals surface area (Å²) >= 11 is 0. The number of aryl methyl sites for hydroxylation is 2. The fourth-order valence-corrected chi connectivity index (χ4v) is 3.42. The minimum atomic E-state index is -0.598. The fraction of sp³-hybridized carbons (Fsp3) is 0.462. The molecule has 2 aromatic carbocycles. The monoisotopic (exact) mass is 424 g/mol. The molecule has 0 spiro atoms. The molecule has 0 aromatic heterocycles. The van der Waals surface area contributed by atoms with Crippen LogP contribution in [0.2, 0.25) is 0 Å². The van der Waals surface area contributed by atoms with E-state index in [0.29, 0.717) is 18.7 Å². The Balaban J connectivity index is 2.15. The van der Waals surface area contributed by atoms with Gasteiger partial charge in [0.25, 0.3) is 5.91 Å². The van der Waals surface area contributed by atoms with Crippen LogP contribution in [0.25, 0.3) is 0 Å². The van der Waals surface area contributed by atoms with Gasteiger partial charge in [0.05, 0.1) is 0 Å². The molecular weight excluding hydrogens is 388 g/mol. The quantitative estimate of drug-likeness (QED) is 0.685. The second-order valence-corrected chi connectivity index (χ2v) is 9.23. The zero-order chi connectivity index (χ0) is 23.2. The molecule has 0 aliphatic heterocycles. The number of nitrogens with one attached hydrogen (secondary N) is 1. The molecule has 0 unspecified atom stereocenters. The van der Waals surface area contributed by atoms with Crippen LogP contribution in [0.3, 0.4) is 0 Å². The van der Waals surface area contributed by atoms with Gasteiger partial charge in [-0.15, -0.1) is 0 Å². The maximum atomic E-state index is 13.2. The van der Waals surface area contributed by atoms with Crippen molar-refractivity contribution in [1.29, 1.82) is 0 Å². The fourth-order valence-electron chi connectivity index (χ4n) is 3.42. The van der Waals surface area contributed by atoms with Gasteiger partial charge in [-0.2, -0.15) is 0 Å². The highest BCUT2D eigenvalue weighted by molar-refractivity contribution is 5.88. The van der Waals surface area contributed by atoms with Crippen molar-refractivity contribution in [2.24, 2.45) is 0 Å². The molecule has 5 nitrogen and oxygen atoms in total. The maximum Gasteiger partial charge on any atom is 0.261 e. The van der Waals surface area contributed by atoms with Crippen LogP contribution in [0.5, 0.6) is 5.75 Å². The molecule has 0 radical (unpaired) electrons. The van der Waals surface area contributed by atoms with Crippen LogP contribution >= 0.6 is 0 Å². The van der Waals surface area contributed by atoms with Gasteiger partial charge in [-0.05, 0) is 83.2 Å². The van der Waals surface area contributed by atoms with Crippen molar-refractivity contribution in [3.05, 3.63) is 64.7 Å². The van der Waals surface area contributed by atoms with Gasteiger partial charge in [-0.1, -0.05) is 36.4 Å². The molecule has 0 aliphatic rings. The molecule has 31 heavy (non-hydrogen) atoms. The molecular formula is C26H36N2O3. The predicted octanol–water partition coefficient (Wildman–Crippen LogP) is 4.37. The largest absolute Gasteiger partial charge is 0.483 e. The number of carbonyl (C=O) groups excluding carboxylic acids is 2. The predicted molar refractivity (Wildman–Crippen MR) is 125 cm³/mol. The molecule has 1 atom stereocenters. The first-order valence-electron chi connectivity index (χ1n) is 10.8. The minimum absolute atomic E-state index is 0.105. The topological polar surface area (TPSA) is 58.6 Å². The summed E-state index contributed by atoms with van der Waals surface area (Å²) in [6, 6.07) is 13.4. The Kier molecular flexibility index (Phi) is 8.26. The number of nitrogens with zero attached hydrogens (tertiary/aromatic N) is 1. The van der Waals surface area contributed by atoms with Gasteiger partial charge in [0.1, 0.15) is 11.8 Å². The molecule has 168 valence electrons. The number of hydrogen-bond donors (Lipinski definition) is 1. The Morgan fingerprint density at radius 2 is 1.71 bits per heavy atom. The number of benzene rings is 2. The van der Waals surface area contributed by atoms with Gasteiger partial charge >= 0.3 is 0 Å². The third-order valence-corrected chi connectivity index (χ3v) is 5.26. The van der Waals surface area contributed by atoms with Gasteiger partial charge in [0, 0.05) is 12.1 Å². The van der Waals surface area contributed by atoms with E-state index in [1.165, 1.54) is 0 Å². The van der Waals surface area contributed by atoms with E-state index < -0.39 is 6.04 Å². The first kappa shape index (κ1) is 24.4. The summed E-state index contributed by atoms with van der Waals surface area (Å²) < 4.78 is 5.90. The number of amides is 2. The SMILES string of the molecule is Cc1cc(C)c(C)c(OCC(=O)N(CCc2ccccc2)[C@@H](C)C(=O)NC(C)(C)C)c1. The second-order valence-electron chi connectivity index (χ2n) is 9.23. The standard InChI is InChI=1S/C26H36N2O3/c1-18-15-19(2)20(3)23(16-18)31-17-24(29)28(14-13-22-11-9-8-10-12-22)21(4)25(30)27-26(5,6)7/h8-12,15-16,21H,13-14,17H2,1-7H3,(H,27,30)/t21-/m0/s1. The third-order valence-electron chi connectivity index (χ3n) is 5.26.